The van der Waals surface area contributed by atoms with Gasteiger partial charge in [-0.1, -0.05) is 53.7 Å². The minimum atomic E-state index is -0.0876. The number of halogens is 1. The van der Waals surface area contributed by atoms with Gasteiger partial charge >= 0.3 is 0 Å². The summed E-state index contributed by atoms with van der Waals surface area (Å²) in [5.41, 5.74) is 2.39. The Morgan fingerprint density at radius 1 is 1.19 bits per heavy atom. The molecule has 0 fully saturated rings. The molecule has 0 saturated heterocycles. The van der Waals surface area contributed by atoms with E-state index in [0.29, 0.717) is 22.3 Å². The van der Waals surface area contributed by atoms with E-state index >= 15 is 0 Å². The number of ketones is 1. The lowest BCUT2D eigenvalue weighted by atomic mass is 10.1. The number of rotatable bonds is 7. The van der Waals surface area contributed by atoms with Crippen molar-refractivity contribution < 1.29 is 9.59 Å². The molecule has 0 aliphatic heterocycles. The highest BCUT2D eigenvalue weighted by Crippen LogP contribution is 2.22. The summed E-state index contributed by atoms with van der Waals surface area (Å²) in [6, 6.07) is 14.6. The van der Waals surface area contributed by atoms with E-state index in [4.69, 9.17) is 11.6 Å². The Morgan fingerprint density at radius 3 is 2.67 bits per heavy atom. The number of nitrogens with zero attached hydrogens (tertiary/aromatic N) is 3. The van der Waals surface area contributed by atoms with Crippen LogP contribution in [-0.2, 0) is 11.3 Å². The van der Waals surface area contributed by atoms with Crippen LogP contribution >= 0.6 is 23.4 Å². The molecule has 0 atom stereocenters. The number of hydrogen-bond acceptors (Lipinski definition) is 5. The zero-order valence-corrected chi connectivity index (χ0v) is 16.1. The standard InChI is InChI=1S/C19H17ClN4O2S/c1-13(25)21-10-14-5-7-15(8-6-14)18(26)11-27-19-23-22-12-24(19)17-4-2-3-16(20)9-17/h2-9,12H,10-11H2,1H3,(H,21,25). The third-order valence-corrected chi connectivity index (χ3v) is 4.93. The Labute approximate surface area is 165 Å². The molecule has 6 nitrogen and oxygen atoms in total. The van der Waals surface area contributed by atoms with Crippen LogP contribution in [0.2, 0.25) is 5.02 Å². The van der Waals surface area contributed by atoms with Gasteiger partial charge in [-0.15, -0.1) is 10.2 Å². The van der Waals surface area contributed by atoms with Gasteiger partial charge in [0.1, 0.15) is 6.33 Å². The van der Waals surface area contributed by atoms with E-state index in [0.717, 1.165) is 11.3 Å². The number of hydrogen-bond donors (Lipinski definition) is 1. The highest BCUT2D eigenvalue weighted by atomic mass is 35.5. The largest absolute Gasteiger partial charge is 0.352 e. The van der Waals surface area contributed by atoms with Crippen LogP contribution in [0.3, 0.4) is 0 Å². The van der Waals surface area contributed by atoms with Crippen molar-refractivity contribution in [3.63, 3.8) is 0 Å². The van der Waals surface area contributed by atoms with Gasteiger partial charge in [0, 0.05) is 24.1 Å². The van der Waals surface area contributed by atoms with E-state index in [-0.39, 0.29) is 17.4 Å². The summed E-state index contributed by atoms with van der Waals surface area (Å²) in [6.07, 6.45) is 1.59. The first kappa shape index (κ1) is 19.1. The molecule has 0 aliphatic carbocycles. The molecule has 0 radical (unpaired) electrons. The Kier molecular flexibility index (Phi) is 6.26. The quantitative estimate of drug-likeness (QED) is 0.485. The Bertz CT molecular complexity index is 956. The van der Waals surface area contributed by atoms with Crippen LogP contribution in [0.1, 0.15) is 22.8 Å². The van der Waals surface area contributed by atoms with Crippen molar-refractivity contribution in [1.82, 2.24) is 20.1 Å². The molecule has 1 N–H and O–H groups in total. The maximum atomic E-state index is 12.5. The molecule has 1 aromatic heterocycles. The van der Waals surface area contributed by atoms with Gasteiger partial charge in [-0.2, -0.15) is 0 Å². The van der Waals surface area contributed by atoms with Crippen molar-refractivity contribution in [2.75, 3.05) is 5.75 Å². The van der Waals surface area contributed by atoms with Gasteiger partial charge in [-0.05, 0) is 23.8 Å². The topological polar surface area (TPSA) is 76.9 Å². The van der Waals surface area contributed by atoms with Gasteiger partial charge in [0.25, 0.3) is 0 Å². The molecule has 0 aliphatic rings. The van der Waals surface area contributed by atoms with Crippen LogP contribution in [0.15, 0.2) is 60.0 Å². The molecule has 27 heavy (non-hydrogen) atoms. The molecule has 0 saturated carbocycles. The lowest BCUT2D eigenvalue weighted by Crippen LogP contribution is -2.18. The van der Waals surface area contributed by atoms with Gasteiger partial charge in [-0.25, -0.2) is 0 Å². The van der Waals surface area contributed by atoms with Crippen LogP contribution in [0, 0.1) is 0 Å². The van der Waals surface area contributed by atoms with E-state index in [2.05, 4.69) is 15.5 Å². The third kappa shape index (κ3) is 5.18. The van der Waals surface area contributed by atoms with Crippen molar-refractivity contribution in [1.29, 1.82) is 0 Å². The van der Waals surface area contributed by atoms with E-state index in [1.165, 1.54) is 18.7 Å². The van der Waals surface area contributed by atoms with Gasteiger partial charge in [-0.3, -0.25) is 14.2 Å². The van der Waals surface area contributed by atoms with Crippen LogP contribution < -0.4 is 5.32 Å². The number of carbonyl (C=O) groups is 2. The van der Waals surface area contributed by atoms with Crippen molar-refractivity contribution >= 4 is 35.1 Å². The predicted octanol–water partition coefficient (Wildman–Crippen LogP) is 3.53. The SMILES string of the molecule is CC(=O)NCc1ccc(C(=O)CSc2nncn2-c2cccc(Cl)c2)cc1. The monoisotopic (exact) mass is 400 g/mol. The fourth-order valence-corrected chi connectivity index (χ4v) is 3.38. The fourth-order valence-electron chi connectivity index (χ4n) is 2.37. The summed E-state index contributed by atoms with van der Waals surface area (Å²) in [5.74, 6) is 0.145. The van der Waals surface area contributed by atoms with E-state index in [1.807, 2.05) is 30.3 Å². The fraction of sp³-hybridized carbons (Fsp3) is 0.158. The Morgan fingerprint density at radius 2 is 1.96 bits per heavy atom. The molecule has 3 aromatic rings. The minimum Gasteiger partial charge on any atom is -0.352 e. The molecule has 0 unspecified atom stereocenters. The number of nitrogens with one attached hydrogen (secondary N) is 1. The number of thioether (sulfide) groups is 1. The molecule has 1 amide bonds. The molecule has 0 bridgehead atoms. The minimum absolute atomic E-state index is 0.00767. The van der Waals surface area contributed by atoms with Crippen molar-refractivity contribution in [2.24, 2.45) is 0 Å². The Balaban J connectivity index is 1.63. The predicted molar refractivity (Wildman–Crippen MR) is 105 cm³/mol. The third-order valence-electron chi connectivity index (χ3n) is 3.75. The molecular weight excluding hydrogens is 384 g/mol. The molecular formula is C19H17ClN4O2S. The first-order valence-electron chi connectivity index (χ1n) is 8.18. The van der Waals surface area contributed by atoms with Gasteiger partial charge < -0.3 is 5.32 Å². The lowest BCUT2D eigenvalue weighted by Gasteiger charge is -2.07. The van der Waals surface area contributed by atoms with E-state index in [9.17, 15) is 9.59 Å². The second-order valence-electron chi connectivity index (χ2n) is 5.78. The van der Waals surface area contributed by atoms with Crippen LogP contribution in [-0.4, -0.2) is 32.2 Å². The van der Waals surface area contributed by atoms with Gasteiger partial charge in [0.15, 0.2) is 10.9 Å². The molecule has 138 valence electrons. The highest BCUT2D eigenvalue weighted by Gasteiger charge is 2.12. The van der Waals surface area contributed by atoms with Crippen molar-refractivity contribution in [2.45, 2.75) is 18.6 Å². The summed E-state index contributed by atoms with van der Waals surface area (Å²) in [7, 11) is 0. The first-order valence-corrected chi connectivity index (χ1v) is 9.54. The maximum absolute atomic E-state index is 12.5. The highest BCUT2D eigenvalue weighted by molar-refractivity contribution is 7.99. The van der Waals surface area contributed by atoms with E-state index < -0.39 is 0 Å². The van der Waals surface area contributed by atoms with E-state index in [1.54, 1.807) is 29.1 Å². The number of amides is 1. The average molecular weight is 401 g/mol. The van der Waals surface area contributed by atoms with Gasteiger partial charge in [0.2, 0.25) is 5.91 Å². The van der Waals surface area contributed by atoms with Crippen molar-refractivity contribution in [3.05, 3.63) is 71.0 Å². The number of carbonyl (C=O) groups excluding carboxylic acids is 2. The summed E-state index contributed by atoms with van der Waals surface area (Å²) < 4.78 is 1.79. The van der Waals surface area contributed by atoms with Crippen LogP contribution in [0.4, 0.5) is 0 Å². The first-order chi connectivity index (χ1) is 13.0. The summed E-state index contributed by atoms with van der Waals surface area (Å²) in [5, 5.41) is 12.0. The second kappa shape index (κ2) is 8.83. The molecule has 3 rings (SSSR count). The van der Waals surface area contributed by atoms with Crippen LogP contribution in [0.5, 0.6) is 0 Å². The molecule has 8 heteroatoms. The summed E-state index contributed by atoms with van der Waals surface area (Å²) in [4.78, 5) is 23.4. The average Bonchev–Trinajstić information content (AvgIpc) is 3.13. The molecule has 2 aromatic carbocycles. The van der Waals surface area contributed by atoms with Gasteiger partial charge in [0.05, 0.1) is 11.4 Å². The van der Waals surface area contributed by atoms with Crippen LogP contribution in [0.25, 0.3) is 5.69 Å². The summed E-state index contributed by atoms with van der Waals surface area (Å²) >= 11 is 7.35. The normalized spacial score (nSPS) is 10.6. The molecule has 1 heterocycles. The van der Waals surface area contributed by atoms with Crippen molar-refractivity contribution in [3.8, 4) is 5.69 Å². The number of Topliss-reactive ketones (excluding diaryl/α,β-unsaturated/α-hetero) is 1. The second-order valence-corrected chi connectivity index (χ2v) is 7.16. The lowest BCUT2D eigenvalue weighted by molar-refractivity contribution is -0.119. The maximum Gasteiger partial charge on any atom is 0.217 e. The number of benzene rings is 2. The number of aromatic nitrogens is 3. The smallest absolute Gasteiger partial charge is 0.217 e. The zero-order valence-electron chi connectivity index (χ0n) is 14.6. The molecule has 0 spiro atoms. The zero-order chi connectivity index (χ0) is 19.2. The Hall–Kier alpha value is -2.64. The summed E-state index contributed by atoms with van der Waals surface area (Å²) in [6.45, 7) is 1.92.